The lowest BCUT2D eigenvalue weighted by atomic mass is 10.1. The molecule has 0 aliphatic carbocycles. The summed E-state index contributed by atoms with van der Waals surface area (Å²) in [6.45, 7) is 1.95. The van der Waals surface area contributed by atoms with E-state index in [0.717, 1.165) is 0 Å². The van der Waals surface area contributed by atoms with Crippen LogP contribution in [0.3, 0.4) is 0 Å². The molecule has 0 radical (unpaired) electrons. The highest BCUT2D eigenvalue weighted by atomic mass is 32.2. The number of hydrogen-bond donors (Lipinski definition) is 0. The van der Waals surface area contributed by atoms with E-state index in [2.05, 4.69) is 10.1 Å². The quantitative estimate of drug-likeness (QED) is 0.651. The molecule has 8 nitrogen and oxygen atoms in total. The van der Waals surface area contributed by atoms with E-state index < -0.39 is 10.0 Å². The Kier molecular flexibility index (Phi) is 5.79. The molecule has 1 saturated heterocycles. The minimum atomic E-state index is -3.48. The standard InChI is InChI=1S/C16H21N3O5S/c1-22-9-10-23-12-15-17-16(18-24-15)13-7-8-19(11-13)25(20,21)14-5-3-2-4-6-14/h2-6,13H,7-12H2,1H3. The molecule has 2 heterocycles. The van der Waals surface area contributed by atoms with Crippen molar-refractivity contribution >= 4 is 10.0 Å². The van der Waals surface area contributed by atoms with Crippen LogP contribution in [0.2, 0.25) is 0 Å². The maximum absolute atomic E-state index is 12.6. The molecule has 1 aliphatic heterocycles. The fourth-order valence-electron chi connectivity index (χ4n) is 2.69. The first-order valence-electron chi connectivity index (χ1n) is 8.05. The van der Waals surface area contributed by atoms with Crippen LogP contribution in [0.1, 0.15) is 24.1 Å². The van der Waals surface area contributed by atoms with Gasteiger partial charge in [0.05, 0.1) is 18.1 Å². The molecule has 1 fully saturated rings. The summed E-state index contributed by atoms with van der Waals surface area (Å²) in [4.78, 5) is 4.62. The van der Waals surface area contributed by atoms with Gasteiger partial charge in [0.2, 0.25) is 10.0 Å². The van der Waals surface area contributed by atoms with Gasteiger partial charge in [-0.15, -0.1) is 0 Å². The topological polar surface area (TPSA) is 94.8 Å². The molecular formula is C16H21N3O5S. The van der Waals surface area contributed by atoms with Crippen LogP contribution in [0.5, 0.6) is 0 Å². The van der Waals surface area contributed by atoms with E-state index in [4.69, 9.17) is 14.0 Å². The fraction of sp³-hybridized carbons (Fsp3) is 0.500. The third-order valence-corrected chi connectivity index (χ3v) is 5.92. The summed E-state index contributed by atoms with van der Waals surface area (Å²) in [5, 5.41) is 3.97. The summed E-state index contributed by atoms with van der Waals surface area (Å²) in [7, 11) is -1.88. The Labute approximate surface area is 146 Å². The van der Waals surface area contributed by atoms with Crippen LogP contribution in [-0.2, 0) is 26.1 Å². The van der Waals surface area contributed by atoms with Crippen molar-refractivity contribution in [3.63, 3.8) is 0 Å². The van der Waals surface area contributed by atoms with E-state index in [0.29, 0.717) is 49.3 Å². The maximum Gasteiger partial charge on any atom is 0.252 e. The highest BCUT2D eigenvalue weighted by molar-refractivity contribution is 7.89. The summed E-state index contributed by atoms with van der Waals surface area (Å²) in [6, 6.07) is 8.44. The molecule has 1 atom stereocenters. The zero-order valence-electron chi connectivity index (χ0n) is 14.0. The molecule has 3 rings (SSSR count). The monoisotopic (exact) mass is 367 g/mol. The molecule has 136 valence electrons. The smallest absolute Gasteiger partial charge is 0.252 e. The molecule has 0 N–H and O–H groups in total. The molecule has 1 aromatic heterocycles. The van der Waals surface area contributed by atoms with Crippen molar-refractivity contribution in [1.29, 1.82) is 0 Å². The predicted molar refractivity (Wildman–Crippen MR) is 88.4 cm³/mol. The third kappa shape index (κ3) is 4.24. The molecule has 0 spiro atoms. The van der Waals surface area contributed by atoms with Gasteiger partial charge in [-0.05, 0) is 18.6 Å². The highest BCUT2D eigenvalue weighted by Gasteiger charge is 2.35. The zero-order valence-corrected chi connectivity index (χ0v) is 14.8. The lowest BCUT2D eigenvalue weighted by molar-refractivity contribution is 0.0494. The van der Waals surface area contributed by atoms with Gasteiger partial charge in [-0.2, -0.15) is 9.29 Å². The van der Waals surface area contributed by atoms with Gasteiger partial charge in [-0.3, -0.25) is 0 Å². The first kappa shape index (κ1) is 18.0. The van der Waals surface area contributed by atoms with Crippen LogP contribution in [0.4, 0.5) is 0 Å². The molecule has 0 saturated carbocycles. The van der Waals surface area contributed by atoms with Crippen LogP contribution >= 0.6 is 0 Å². The van der Waals surface area contributed by atoms with E-state index in [9.17, 15) is 8.42 Å². The van der Waals surface area contributed by atoms with Gasteiger partial charge in [0.1, 0.15) is 6.61 Å². The van der Waals surface area contributed by atoms with Gasteiger partial charge in [-0.25, -0.2) is 8.42 Å². The van der Waals surface area contributed by atoms with Crippen LogP contribution in [-0.4, -0.2) is 56.3 Å². The van der Waals surface area contributed by atoms with Gasteiger partial charge < -0.3 is 14.0 Å². The summed E-state index contributed by atoms with van der Waals surface area (Å²) in [6.07, 6.45) is 0.662. The van der Waals surface area contributed by atoms with E-state index >= 15 is 0 Å². The number of aromatic nitrogens is 2. The largest absolute Gasteiger partial charge is 0.382 e. The fourth-order valence-corrected chi connectivity index (χ4v) is 4.21. The minimum absolute atomic E-state index is 0.0741. The zero-order chi connectivity index (χ0) is 17.7. The average Bonchev–Trinajstić information content (AvgIpc) is 3.29. The Morgan fingerprint density at radius 3 is 2.84 bits per heavy atom. The first-order chi connectivity index (χ1) is 12.1. The number of benzene rings is 1. The lowest BCUT2D eigenvalue weighted by Gasteiger charge is -2.15. The molecule has 1 aliphatic rings. The molecule has 2 aromatic rings. The van der Waals surface area contributed by atoms with Crippen molar-refractivity contribution in [1.82, 2.24) is 14.4 Å². The number of hydrogen-bond acceptors (Lipinski definition) is 7. The van der Waals surface area contributed by atoms with E-state index in [-0.39, 0.29) is 12.5 Å². The molecule has 0 bridgehead atoms. The predicted octanol–water partition coefficient (Wildman–Crippen LogP) is 1.41. The summed E-state index contributed by atoms with van der Waals surface area (Å²) in [5.41, 5.74) is 0. The van der Waals surface area contributed by atoms with Gasteiger partial charge in [0.25, 0.3) is 5.89 Å². The van der Waals surface area contributed by atoms with Gasteiger partial charge >= 0.3 is 0 Å². The Balaban J connectivity index is 1.61. The first-order valence-corrected chi connectivity index (χ1v) is 9.49. The molecular weight excluding hydrogens is 346 g/mol. The second-order valence-corrected chi connectivity index (χ2v) is 7.69. The van der Waals surface area contributed by atoms with E-state index in [1.807, 2.05) is 0 Å². The van der Waals surface area contributed by atoms with Crippen LogP contribution < -0.4 is 0 Å². The van der Waals surface area contributed by atoms with Crippen molar-refractivity contribution in [2.24, 2.45) is 0 Å². The SMILES string of the molecule is COCCOCc1nc(C2CCN(S(=O)(=O)c3ccccc3)C2)no1. The Hall–Kier alpha value is -1.81. The van der Waals surface area contributed by atoms with E-state index in [1.165, 1.54) is 4.31 Å². The molecule has 25 heavy (non-hydrogen) atoms. The minimum Gasteiger partial charge on any atom is -0.382 e. The number of sulfonamides is 1. The number of ether oxygens (including phenoxy) is 2. The van der Waals surface area contributed by atoms with Crippen molar-refractivity contribution in [3.05, 3.63) is 42.0 Å². The van der Waals surface area contributed by atoms with Crippen molar-refractivity contribution in [2.45, 2.75) is 23.8 Å². The Morgan fingerprint density at radius 2 is 2.08 bits per heavy atom. The molecule has 1 unspecified atom stereocenters. The van der Waals surface area contributed by atoms with E-state index in [1.54, 1.807) is 37.4 Å². The maximum atomic E-state index is 12.6. The van der Waals surface area contributed by atoms with Crippen LogP contribution in [0, 0.1) is 0 Å². The number of rotatable bonds is 8. The normalized spacial score (nSPS) is 18.7. The Bertz CT molecular complexity index is 778. The van der Waals surface area contributed by atoms with Crippen molar-refractivity contribution in [3.8, 4) is 0 Å². The molecule has 1 aromatic carbocycles. The average molecular weight is 367 g/mol. The third-order valence-electron chi connectivity index (χ3n) is 4.04. The van der Waals surface area contributed by atoms with Crippen molar-refractivity contribution in [2.75, 3.05) is 33.4 Å². The van der Waals surface area contributed by atoms with Gasteiger partial charge in [0.15, 0.2) is 5.82 Å². The summed E-state index contributed by atoms with van der Waals surface area (Å²) < 4.78 is 42.2. The number of methoxy groups -OCH3 is 1. The summed E-state index contributed by atoms with van der Waals surface area (Å²) >= 11 is 0. The molecule has 9 heteroatoms. The van der Waals surface area contributed by atoms with Crippen molar-refractivity contribution < 1.29 is 22.4 Å². The lowest BCUT2D eigenvalue weighted by Crippen LogP contribution is -2.28. The van der Waals surface area contributed by atoms with Crippen LogP contribution in [0.15, 0.2) is 39.8 Å². The molecule has 0 amide bonds. The Morgan fingerprint density at radius 1 is 1.28 bits per heavy atom. The highest BCUT2D eigenvalue weighted by Crippen LogP contribution is 2.29. The van der Waals surface area contributed by atoms with Gasteiger partial charge in [-0.1, -0.05) is 23.4 Å². The summed E-state index contributed by atoms with van der Waals surface area (Å²) in [5.74, 6) is 0.835. The number of nitrogens with zero attached hydrogens (tertiary/aromatic N) is 3. The second-order valence-electron chi connectivity index (χ2n) is 5.75. The van der Waals surface area contributed by atoms with Gasteiger partial charge in [0, 0.05) is 26.1 Å². The van der Waals surface area contributed by atoms with Crippen LogP contribution in [0.25, 0.3) is 0 Å². The second kappa shape index (κ2) is 8.05.